The molecule has 0 aliphatic rings. The minimum atomic E-state index is 0.745. The summed E-state index contributed by atoms with van der Waals surface area (Å²) in [6.45, 7) is 3.24. The lowest BCUT2D eigenvalue weighted by Gasteiger charge is -2.08. The van der Waals surface area contributed by atoms with Crippen LogP contribution in [0.5, 0.6) is 0 Å². The summed E-state index contributed by atoms with van der Waals surface area (Å²) in [6, 6.07) is 21.1. The van der Waals surface area contributed by atoms with E-state index in [4.69, 9.17) is 0 Å². The van der Waals surface area contributed by atoms with E-state index in [-0.39, 0.29) is 0 Å². The Hall–Kier alpha value is -3.02. The molecule has 0 aliphatic carbocycles. The van der Waals surface area contributed by atoms with Crippen molar-refractivity contribution in [2.45, 2.75) is 39.2 Å². The van der Waals surface area contributed by atoms with Gasteiger partial charge >= 0.3 is 0 Å². The molecule has 5 heteroatoms. The first kappa shape index (κ1) is 21.8. The van der Waals surface area contributed by atoms with Crippen molar-refractivity contribution in [3.63, 3.8) is 0 Å². The van der Waals surface area contributed by atoms with Crippen LogP contribution in [0.15, 0.2) is 60.7 Å². The molecular formula is C28H25NO2S2. The first-order chi connectivity index (χ1) is 16.2. The predicted molar refractivity (Wildman–Crippen MR) is 141 cm³/mol. The van der Waals surface area contributed by atoms with Crippen LogP contribution >= 0.6 is 22.7 Å². The van der Waals surface area contributed by atoms with Gasteiger partial charge in [-0.05, 0) is 66.1 Å². The van der Waals surface area contributed by atoms with Crippen molar-refractivity contribution >= 4 is 57.1 Å². The van der Waals surface area contributed by atoms with Crippen LogP contribution in [0.1, 0.15) is 52.0 Å². The van der Waals surface area contributed by atoms with E-state index in [2.05, 4.69) is 47.9 Å². The second-order valence-electron chi connectivity index (χ2n) is 8.32. The molecular weight excluding hydrogens is 446 g/mol. The second kappa shape index (κ2) is 9.46. The molecule has 3 heterocycles. The van der Waals surface area contributed by atoms with Gasteiger partial charge in [0.2, 0.25) is 0 Å². The Kier molecular flexibility index (Phi) is 6.25. The zero-order chi connectivity index (χ0) is 22.8. The third-order valence-electron chi connectivity index (χ3n) is 6.16. The van der Waals surface area contributed by atoms with Crippen molar-refractivity contribution in [2.75, 3.05) is 0 Å². The molecule has 2 aromatic carbocycles. The summed E-state index contributed by atoms with van der Waals surface area (Å²) in [7, 11) is 0. The molecule has 0 unspecified atom stereocenters. The minimum absolute atomic E-state index is 0.745. The van der Waals surface area contributed by atoms with Crippen LogP contribution in [0.4, 0.5) is 0 Å². The van der Waals surface area contributed by atoms with Crippen molar-refractivity contribution in [1.82, 2.24) is 4.57 Å². The molecule has 33 heavy (non-hydrogen) atoms. The third kappa shape index (κ3) is 4.19. The van der Waals surface area contributed by atoms with Gasteiger partial charge in [-0.3, -0.25) is 9.59 Å². The van der Waals surface area contributed by atoms with Crippen LogP contribution in [0.3, 0.4) is 0 Å². The lowest BCUT2D eigenvalue weighted by Crippen LogP contribution is -1.97. The first-order valence-corrected chi connectivity index (χ1v) is 13.0. The highest BCUT2D eigenvalue weighted by molar-refractivity contribution is 7.17. The number of carbonyl (C=O) groups is 2. The number of aryl methyl sites for hydroxylation is 1. The monoisotopic (exact) mass is 471 g/mol. The molecule has 0 saturated carbocycles. The van der Waals surface area contributed by atoms with Crippen LogP contribution in [-0.2, 0) is 6.54 Å². The number of hydrogen-bond acceptors (Lipinski definition) is 4. The SMILES string of the molecule is CCCCCCn1c2ccc(-c3ccc(C=O)s3)cc2c2cc(-c3ccc(C=O)s3)ccc21. The summed E-state index contributed by atoms with van der Waals surface area (Å²) in [5.41, 5.74) is 4.76. The highest BCUT2D eigenvalue weighted by Crippen LogP contribution is 2.38. The lowest BCUT2D eigenvalue weighted by atomic mass is 10.1. The summed E-state index contributed by atoms with van der Waals surface area (Å²) in [4.78, 5) is 26.0. The number of aromatic nitrogens is 1. The molecule has 3 aromatic heterocycles. The van der Waals surface area contributed by atoms with Crippen LogP contribution in [0.2, 0.25) is 0 Å². The molecule has 0 radical (unpaired) electrons. The first-order valence-electron chi connectivity index (χ1n) is 11.4. The Morgan fingerprint density at radius 2 is 1.24 bits per heavy atom. The number of hydrogen-bond donors (Lipinski definition) is 0. The largest absolute Gasteiger partial charge is 0.340 e. The van der Waals surface area contributed by atoms with Crippen molar-refractivity contribution in [2.24, 2.45) is 0 Å². The molecule has 0 aliphatic heterocycles. The van der Waals surface area contributed by atoms with E-state index in [1.165, 1.54) is 63.7 Å². The fourth-order valence-electron chi connectivity index (χ4n) is 4.49. The number of aldehydes is 2. The molecule has 0 spiro atoms. The third-order valence-corrected chi connectivity index (χ3v) is 8.27. The zero-order valence-corrected chi connectivity index (χ0v) is 20.2. The molecule has 0 atom stereocenters. The Balaban J connectivity index is 1.66. The normalized spacial score (nSPS) is 11.4. The average molecular weight is 472 g/mol. The number of rotatable bonds is 9. The van der Waals surface area contributed by atoms with Gasteiger partial charge in [0.15, 0.2) is 12.6 Å². The topological polar surface area (TPSA) is 39.1 Å². The lowest BCUT2D eigenvalue weighted by molar-refractivity contribution is 0.111. The number of carbonyl (C=O) groups excluding carboxylic acids is 2. The summed E-state index contributed by atoms with van der Waals surface area (Å²) in [6.07, 6.45) is 6.72. The van der Waals surface area contributed by atoms with E-state index in [9.17, 15) is 9.59 Å². The van der Waals surface area contributed by atoms with E-state index in [1.807, 2.05) is 24.3 Å². The van der Waals surface area contributed by atoms with E-state index in [0.29, 0.717) is 0 Å². The van der Waals surface area contributed by atoms with E-state index in [1.54, 1.807) is 0 Å². The van der Waals surface area contributed by atoms with Gasteiger partial charge in [0, 0.05) is 38.1 Å². The van der Waals surface area contributed by atoms with Crippen LogP contribution < -0.4 is 0 Å². The van der Waals surface area contributed by atoms with Crippen molar-refractivity contribution in [1.29, 1.82) is 0 Å². The Bertz CT molecular complexity index is 1350. The fourth-order valence-corrected chi connectivity index (χ4v) is 6.13. The van der Waals surface area contributed by atoms with E-state index < -0.39 is 0 Å². The standard InChI is InChI=1S/C28H25NO2S2/c1-2-3-4-5-14-29-25-10-6-19(27-12-8-21(17-30)32-27)15-23(25)24-16-20(7-11-26(24)29)28-13-9-22(18-31)33-28/h6-13,15-18H,2-5,14H2,1H3. The van der Waals surface area contributed by atoms with Crippen LogP contribution in [-0.4, -0.2) is 17.1 Å². The maximum Gasteiger partial charge on any atom is 0.160 e. The molecule has 166 valence electrons. The molecule has 3 nitrogen and oxygen atoms in total. The Morgan fingerprint density at radius 1 is 0.697 bits per heavy atom. The van der Waals surface area contributed by atoms with Crippen molar-refractivity contribution in [3.05, 3.63) is 70.4 Å². The van der Waals surface area contributed by atoms with Gasteiger partial charge in [-0.2, -0.15) is 0 Å². The maximum absolute atomic E-state index is 11.2. The molecule has 5 rings (SSSR count). The van der Waals surface area contributed by atoms with Gasteiger partial charge in [0.25, 0.3) is 0 Å². The molecule has 0 amide bonds. The van der Waals surface area contributed by atoms with Crippen LogP contribution in [0.25, 0.3) is 42.7 Å². The molecule has 0 N–H and O–H groups in total. The number of nitrogens with zero attached hydrogens (tertiary/aromatic N) is 1. The molecule has 0 saturated heterocycles. The van der Waals surface area contributed by atoms with Crippen molar-refractivity contribution in [3.8, 4) is 20.9 Å². The van der Waals surface area contributed by atoms with Gasteiger partial charge in [-0.25, -0.2) is 0 Å². The highest BCUT2D eigenvalue weighted by Gasteiger charge is 2.14. The number of thiophene rings is 2. The quantitative estimate of drug-likeness (QED) is 0.160. The second-order valence-corrected chi connectivity index (χ2v) is 10.5. The molecule has 0 fully saturated rings. The molecule has 5 aromatic rings. The van der Waals surface area contributed by atoms with Gasteiger partial charge in [-0.1, -0.05) is 38.3 Å². The summed E-state index contributed by atoms with van der Waals surface area (Å²) in [5, 5.41) is 2.46. The summed E-state index contributed by atoms with van der Waals surface area (Å²) >= 11 is 3.05. The predicted octanol–water partition coefficient (Wildman–Crippen LogP) is 8.46. The Morgan fingerprint density at radius 3 is 1.70 bits per heavy atom. The number of benzene rings is 2. The van der Waals surface area contributed by atoms with Crippen molar-refractivity contribution < 1.29 is 9.59 Å². The number of unbranched alkanes of at least 4 members (excludes halogenated alkanes) is 3. The average Bonchev–Trinajstić information content (AvgIpc) is 3.59. The maximum atomic E-state index is 11.2. The highest BCUT2D eigenvalue weighted by atomic mass is 32.1. The van der Waals surface area contributed by atoms with E-state index >= 15 is 0 Å². The summed E-state index contributed by atoms with van der Waals surface area (Å²) in [5.74, 6) is 0. The van der Waals surface area contributed by atoms with Gasteiger partial charge in [0.1, 0.15) is 0 Å². The zero-order valence-electron chi connectivity index (χ0n) is 18.5. The van der Waals surface area contributed by atoms with Gasteiger partial charge in [-0.15, -0.1) is 22.7 Å². The fraction of sp³-hybridized carbons (Fsp3) is 0.214. The molecule has 0 bridgehead atoms. The van der Waals surface area contributed by atoms with Gasteiger partial charge < -0.3 is 4.57 Å². The Labute approximate surface area is 201 Å². The van der Waals surface area contributed by atoms with Gasteiger partial charge in [0.05, 0.1) is 9.75 Å². The smallest absolute Gasteiger partial charge is 0.160 e. The van der Waals surface area contributed by atoms with E-state index in [0.717, 1.165) is 56.2 Å². The van der Waals surface area contributed by atoms with Crippen LogP contribution in [0, 0.1) is 0 Å². The number of fused-ring (bicyclic) bond motifs is 3. The summed E-state index contributed by atoms with van der Waals surface area (Å²) < 4.78 is 2.45. The minimum Gasteiger partial charge on any atom is -0.340 e.